The van der Waals surface area contributed by atoms with Gasteiger partial charge in [0.15, 0.2) is 0 Å². The Bertz CT molecular complexity index is 769. The van der Waals surface area contributed by atoms with Crippen molar-refractivity contribution in [3.05, 3.63) is 59.1 Å². The molecular weight excluding hydrogens is 304 g/mol. The zero-order chi connectivity index (χ0) is 15.7. The van der Waals surface area contributed by atoms with Gasteiger partial charge >= 0.3 is 0 Å². The average molecular weight is 319 g/mol. The lowest BCUT2D eigenvalue weighted by molar-refractivity contribution is 0.0899. The third-order valence-corrected chi connectivity index (χ3v) is 4.02. The number of benzene rings is 1. The largest absolute Gasteiger partial charge is 0.467 e. The summed E-state index contributed by atoms with van der Waals surface area (Å²) in [6.45, 7) is -0.263. The van der Waals surface area contributed by atoms with Crippen LogP contribution in [0.2, 0.25) is 5.02 Å². The van der Waals surface area contributed by atoms with Gasteiger partial charge in [-0.2, -0.15) is 0 Å². The SMILES string of the molecule is Cn1c(C(=O)NC(CO)c2ccco2)c(Cl)c2ccccc21. The molecule has 1 unspecified atom stereocenters. The van der Waals surface area contributed by atoms with E-state index in [1.165, 1.54) is 6.26 Å². The number of hydrogen-bond acceptors (Lipinski definition) is 3. The lowest BCUT2D eigenvalue weighted by Gasteiger charge is -2.14. The average Bonchev–Trinajstić information content (AvgIpc) is 3.14. The maximum Gasteiger partial charge on any atom is 0.270 e. The van der Waals surface area contributed by atoms with Crippen molar-refractivity contribution in [3.63, 3.8) is 0 Å². The van der Waals surface area contributed by atoms with E-state index in [4.69, 9.17) is 16.0 Å². The normalized spacial score (nSPS) is 12.5. The van der Waals surface area contributed by atoms with Gasteiger partial charge in [-0.05, 0) is 18.2 Å². The minimum Gasteiger partial charge on any atom is -0.467 e. The molecule has 0 saturated heterocycles. The molecule has 2 heterocycles. The van der Waals surface area contributed by atoms with E-state index in [9.17, 15) is 9.90 Å². The van der Waals surface area contributed by atoms with E-state index in [0.29, 0.717) is 16.5 Å². The van der Waals surface area contributed by atoms with Crippen LogP contribution < -0.4 is 5.32 Å². The molecule has 0 aliphatic rings. The molecule has 0 saturated carbocycles. The van der Waals surface area contributed by atoms with Gasteiger partial charge in [0.2, 0.25) is 0 Å². The molecule has 0 spiro atoms. The Morgan fingerprint density at radius 1 is 1.36 bits per heavy atom. The van der Waals surface area contributed by atoms with Gasteiger partial charge in [0.25, 0.3) is 5.91 Å². The summed E-state index contributed by atoms with van der Waals surface area (Å²) in [5.41, 5.74) is 1.23. The van der Waals surface area contributed by atoms with Gasteiger partial charge in [0.05, 0.1) is 17.9 Å². The number of para-hydroxylation sites is 1. The van der Waals surface area contributed by atoms with Crippen molar-refractivity contribution >= 4 is 28.4 Å². The number of amides is 1. The Morgan fingerprint density at radius 2 is 2.14 bits per heavy atom. The molecule has 114 valence electrons. The Balaban J connectivity index is 1.95. The molecule has 1 amide bonds. The number of carbonyl (C=O) groups excluding carboxylic acids is 1. The van der Waals surface area contributed by atoms with Gasteiger partial charge in [0.1, 0.15) is 17.5 Å². The van der Waals surface area contributed by atoms with Crippen LogP contribution in [0, 0.1) is 0 Å². The molecular formula is C16H15ClN2O3. The fourth-order valence-electron chi connectivity index (χ4n) is 2.52. The Labute approximate surface area is 132 Å². The number of halogens is 1. The number of carbonyl (C=O) groups is 1. The summed E-state index contributed by atoms with van der Waals surface area (Å²) in [7, 11) is 1.78. The second-order valence-corrected chi connectivity index (χ2v) is 5.34. The number of rotatable bonds is 4. The summed E-state index contributed by atoms with van der Waals surface area (Å²) in [6, 6.07) is 10.3. The van der Waals surface area contributed by atoms with Gasteiger partial charge in [-0.25, -0.2) is 0 Å². The van der Waals surface area contributed by atoms with Crippen molar-refractivity contribution in [2.24, 2.45) is 7.05 Å². The standard InChI is InChI=1S/C16H15ClN2O3/c1-19-12-6-3-2-5-10(12)14(17)15(19)16(21)18-11(9-20)13-7-4-8-22-13/h2-8,11,20H,9H2,1H3,(H,18,21). The monoisotopic (exact) mass is 318 g/mol. The molecule has 0 aliphatic carbocycles. The highest BCUT2D eigenvalue weighted by atomic mass is 35.5. The summed E-state index contributed by atoms with van der Waals surface area (Å²) in [5, 5.41) is 13.4. The molecule has 2 N–H and O–H groups in total. The molecule has 6 heteroatoms. The highest BCUT2D eigenvalue weighted by molar-refractivity contribution is 6.38. The first kappa shape index (κ1) is 14.7. The predicted octanol–water partition coefficient (Wildman–Crippen LogP) is 2.89. The molecule has 1 atom stereocenters. The van der Waals surface area contributed by atoms with E-state index in [-0.39, 0.29) is 12.5 Å². The Morgan fingerprint density at radius 3 is 2.77 bits per heavy atom. The Hall–Kier alpha value is -2.24. The molecule has 3 rings (SSSR count). The van der Waals surface area contributed by atoms with Gasteiger partial charge in [0, 0.05) is 18.0 Å². The first-order valence-electron chi connectivity index (χ1n) is 6.81. The van der Waals surface area contributed by atoms with Gasteiger partial charge < -0.3 is 19.4 Å². The van der Waals surface area contributed by atoms with E-state index in [2.05, 4.69) is 5.32 Å². The lowest BCUT2D eigenvalue weighted by atomic mass is 10.2. The van der Waals surface area contributed by atoms with Crippen LogP contribution in [0.15, 0.2) is 47.1 Å². The summed E-state index contributed by atoms with van der Waals surface area (Å²) in [5.74, 6) is 0.130. The molecule has 5 nitrogen and oxygen atoms in total. The van der Waals surface area contributed by atoms with Crippen LogP contribution >= 0.6 is 11.6 Å². The van der Waals surface area contributed by atoms with Crippen molar-refractivity contribution in [2.45, 2.75) is 6.04 Å². The third-order valence-electron chi connectivity index (χ3n) is 3.63. The van der Waals surface area contributed by atoms with Crippen molar-refractivity contribution in [1.82, 2.24) is 9.88 Å². The zero-order valence-electron chi connectivity index (χ0n) is 11.9. The smallest absolute Gasteiger partial charge is 0.270 e. The minimum absolute atomic E-state index is 0.263. The number of aryl methyl sites for hydroxylation is 1. The fraction of sp³-hybridized carbons (Fsp3) is 0.188. The van der Waals surface area contributed by atoms with E-state index < -0.39 is 6.04 Å². The van der Waals surface area contributed by atoms with Gasteiger partial charge in [-0.15, -0.1) is 0 Å². The van der Waals surface area contributed by atoms with E-state index in [1.807, 2.05) is 24.3 Å². The lowest BCUT2D eigenvalue weighted by Crippen LogP contribution is -2.31. The van der Waals surface area contributed by atoms with Crippen molar-refractivity contribution in [3.8, 4) is 0 Å². The highest BCUT2D eigenvalue weighted by Crippen LogP contribution is 2.30. The van der Waals surface area contributed by atoms with Crippen LogP contribution in [0.5, 0.6) is 0 Å². The zero-order valence-corrected chi connectivity index (χ0v) is 12.7. The van der Waals surface area contributed by atoms with E-state index >= 15 is 0 Å². The van der Waals surface area contributed by atoms with Gasteiger partial charge in [-0.3, -0.25) is 4.79 Å². The molecule has 0 fully saturated rings. The number of nitrogens with one attached hydrogen (secondary N) is 1. The maximum atomic E-state index is 12.6. The molecule has 2 aromatic heterocycles. The molecule has 22 heavy (non-hydrogen) atoms. The number of furan rings is 1. The number of nitrogens with zero attached hydrogens (tertiary/aromatic N) is 1. The van der Waals surface area contributed by atoms with Crippen LogP contribution in [-0.4, -0.2) is 22.2 Å². The minimum atomic E-state index is -0.614. The summed E-state index contributed by atoms with van der Waals surface area (Å²) in [6.07, 6.45) is 1.49. The van der Waals surface area contributed by atoms with E-state index in [0.717, 1.165) is 10.9 Å². The molecule has 1 aromatic carbocycles. The van der Waals surface area contributed by atoms with Crippen LogP contribution in [0.1, 0.15) is 22.3 Å². The first-order valence-corrected chi connectivity index (χ1v) is 7.19. The topological polar surface area (TPSA) is 67.4 Å². The van der Waals surface area contributed by atoms with Crippen LogP contribution in [0.25, 0.3) is 10.9 Å². The maximum absolute atomic E-state index is 12.6. The highest BCUT2D eigenvalue weighted by Gasteiger charge is 2.23. The second kappa shape index (κ2) is 5.87. The molecule has 0 radical (unpaired) electrons. The van der Waals surface area contributed by atoms with Crippen molar-refractivity contribution < 1.29 is 14.3 Å². The summed E-state index contributed by atoms with van der Waals surface area (Å²) >= 11 is 6.34. The van der Waals surface area contributed by atoms with Gasteiger partial charge in [-0.1, -0.05) is 29.8 Å². The predicted molar refractivity (Wildman–Crippen MR) is 83.9 cm³/mol. The summed E-state index contributed by atoms with van der Waals surface area (Å²) in [4.78, 5) is 12.6. The number of aliphatic hydroxyl groups is 1. The fourth-order valence-corrected chi connectivity index (χ4v) is 2.89. The number of fused-ring (bicyclic) bond motifs is 1. The number of aromatic nitrogens is 1. The number of hydrogen-bond donors (Lipinski definition) is 2. The first-order chi connectivity index (χ1) is 10.6. The van der Waals surface area contributed by atoms with Crippen LogP contribution in [0.3, 0.4) is 0 Å². The third kappa shape index (κ3) is 2.38. The molecule has 3 aromatic rings. The van der Waals surface area contributed by atoms with Crippen molar-refractivity contribution in [1.29, 1.82) is 0 Å². The van der Waals surface area contributed by atoms with Crippen molar-refractivity contribution in [2.75, 3.05) is 6.61 Å². The van der Waals surface area contributed by atoms with E-state index in [1.54, 1.807) is 23.7 Å². The molecule has 0 bridgehead atoms. The van der Waals surface area contributed by atoms with Crippen LogP contribution in [0.4, 0.5) is 0 Å². The summed E-state index contributed by atoms with van der Waals surface area (Å²) < 4.78 is 6.97. The van der Waals surface area contributed by atoms with Crippen LogP contribution in [-0.2, 0) is 7.05 Å². The Kier molecular flexibility index (Phi) is 3.92. The quantitative estimate of drug-likeness (QED) is 0.777. The molecule has 0 aliphatic heterocycles. The second-order valence-electron chi connectivity index (χ2n) is 4.96. The number of aliphatic hydroxyl groups excluding tert-OH is 1.